The van der Waals surface area contributed by atoms with Crippen LogP contribution in [0.3, 0.4) is 0 Å². The molecule has 0 radical (unpaired) electrons. The van der Waals surface area contributed by atoms with Gasteiger partial charge in [-0.2, -0.15) is 5.10 Å². The summed E-state index contributed by atoms with van der Waals surface area (Å²) in [5, 5.41) is 4.16. The highest BCUT2D eigenvalue weighted by atomic mass is 79.9. The molecule has 0 fully saturated rings. The van der Waals surface area contributed by atoms with Gasteiger partial charge in [-0.3, -0.25) is 4.68 Å². The van der Waals surface area contributed by atoms with Crippen molar-refractivity contribution in [2.45, 2.75) is 13.3 Å². The van der Waals surface area contributed by atoms with E-state index in [1.54, 1.807) is 18.0 Å². The highest BCUT2D eigenvalue weighted by molar-refractivity contribution is 9.10. The van der Waals surface area contributed by atoms with Gasteiger partial charge in [0, 0.05) is 22.6 Å². The summed E-state index contributed by atoms with van der Waals surface area (Å²) in [6.45, 7) is 2.10. The fraction of sp³-hybridized carbons (Fsp3) is 0.308. The van der Waals surface area contributed by atoms with Crippen LogP contribution in [0.1, 0.15) is 12.5 Å². The van der Waals surface area contributed by atoms with Gasteiger partial charge in [0.2, 0.25) is 0 Å². The number of nitrogens with zero attached hydrogens (tertiary/aromatic N) is 2. The van der Waals surface area contributed by atoms with Gasteiger partial charge in [-0.1, -0.05) is 22.9 Å². The normalized spacial score (nSPS) is 10.7. The number of methoxy groups -OCH3 is 1. The summed E-state index contributed by atoms with van der Waals surface area (Å²) in [5.41, 5.74) is 9.06. The summed E-state index contributed by atoms with van der Waals surface area (Å²) in [5.74, 6) is 1.51. The zero-order valence-electron chi connectivity index (χ0n) is 10.7. The second-order valence-corrected chi connectivity index (χ2v) is 4.91. The quantitative estimate of drug-likeness (QED) is 0.948. The SMILES string of the molecule is CCc1c(Br)cc(-c2cnn(C)c2N)cc1OC. The van der Waals surface area contributed by atoms with Gasteiger partial charge in [-0.25, -0.2) is 0 Å². The first kappa shape index (κ1) is 13.0. The Balaban J connectivity index is 2.59. The Kier molecular flexibility index (Phi) is 3.61. The smallest absolute Gasteiger partial charge is 0.129 e. The van der Waals surface area contributed by atoms with Gasteiger partial charge in [0.05, 0.1) is 13.3 Å². The fourth-order valence-corrected chi connectivity index (χ4v) is 2.68. The number of nitrogen functional groups attached to an aromatic ring is 1. The van der Waals surface area contributed by atoms with Crippen LogP contribution in [0.4, 0.5) is 5.82 Å². The number of anilines is 1. The monoisotopic (exact) mass is 309 g/mol. The Morgan fingerprint density at radius 2 is 2.17 bits per heavy atom. The highest BCUT2D eigenvalue weighted by Crippen LogP contribution is 2.35. The predicted octanol–water partition coefficient (Wildman–Crippen LogP) is 3.00. The summed E-state index contributed by atoms with van der Waals surface area (Å²) >= 11 is 3.58. The van der Waals surface area contributed by atoms with Crippen molar-refractivity contribution < 1.29 is 4.74 Å². The van der Waals surface area contributed by atoms with E-state index in [1.807, 2.05) is 13.1 Å². The highest BCUT2D eigenvalue weighted by Gasteiger charge is 2.13. The summed E-state index contributed by atoms with van der Waals surface area (Å²) in [6.07, 6.45) is 2.68. The van der Waals surface area contributed by atoms with E-state index in [0.29, 0.717) is 5.82 Å². The maximum absolute atomic E-state index is 5.99. The van der Waals surface area contributed by atoms with Crippen LogP contribution in [-0.4, -0.2) is 16.9 Å². The molecule has 0 unspecified atom stereocenters. The molecule has 0 atom stereocenters. The summed E-state index contributed by atoms with van der Waals surface area (Å²) in [4.78, 5) is 0. The van der Waals surface area contributed by atoms with Crippen molar-refractivity contribution in [3.63, 3.8) is 0 Å². The van der Waals surface area contributed by atoms with Crippen molar-refractivity contribution in [3.05, 3.63) is 28.4 Å². The molecular formula is C13H16BrN3O. The molecule has 96 valence electrons. The van der Waals surface area contributed by atoms with Crippen LogP contribution in [0.5, 0.6) is 5.75 Å². The lowest BCUT2D eigenvalue weighted by Crippen LogP contribution is -1.98. The number of hydrogen-bond acceptors (Lipinski definition) is 3. The molecule has 4 nitrogen and oxygen atoms in total. The van der Waals surface area contributed by atoms with Crippen LogP contribution in [0.25, 0.3) is 11.1 Å². The lowest BCUT2D eigenvalue weighted by Gasteiger charge is -2.11. The van der Waals surface area contributed by atoms with Gasteiger partial charge < -0.3 is 10.5 Å². The lowest BCUT2D eigenvalue weighted by atomic mass is 10.0. The average molecular weight is 310 g/mol. The number of hydrogen-bond donors (Lipinski definition) is 1. The van der Waals surface area contributed by atoms with Gasteiger partial charge in [-0.15, -0.1) is 0 Å². The van der Waals surface area contributed by atoms with Crippen molar-refractivity contribution in [2.75, 3.05) is 12.8 Å². The zero-order chi connectivity index (χ0) is 13.3. The molecule has 0 saturated heterocycles. The van der Waals surface area contributed by atoms with E-state index >= 15 is 0 Å². The van der Waals surface area contributed by atoms with Gasteiger partial charge in [-0.05, 0) is 24.1 Å². The number of benzene rings is 1. The van der Waals surface area contributed by atoms with Crippen molar-refractivity contribution in [1.82, 2.24) is 9.78 Å². The van der Waals surface area contributed by atoms with Crippen molar-refractivity contribution in [2.24, 2.45) is 7.05 Å². The largest absolute Gasteiger partial charge is 0.496 e. The number of rotatable bonds is 3. The Bertz CT molecular complexity index is 578. The van der Waals surface area contributed by atoms with E-state index in [4.69, 9.17) is 10.5 Å². The summed E-state index contributed by atoms with van der Waals surface area (Å²) < 4.78 is 8.11. The molecule has 2 N–H and O–H groups in total. The maximum Gasteiger partial charge on any atom is 0.129 e. The first-order valence-corrected chi connectivity index (χ1v) is 6.52. The molecule has 1 aromatic carbocycles. The number of aromatic nitrogens is 2. The predicted molar refractivity (Wildman–Crippen MR) is 76.7 cm³/mol. The van der Waals surface area contributed by atoms with E-state index in [9.17, 15) is 0 Å². The minimum absolute atomic E-state index is 0.646. The van der Waals surface area contributed by atoms with Crippen molar-refractivity contribution in [3.8, 4) is 16.9 Å². The average Bonchev–Trinajstić information content (AvgIpc) is 2.69. The Hall–Kier alpha value is -1.49. The molecule has 0 bridgehead atoms. The number of nitrogens with two attached hydrogens (primary N) is 1. The molecule has 1 aromatic heterocycles. The minimum Gasteiger partial charge on any atom is -0.496 e. The van der Waals surface area contributed by atoms with Crippen molar-refractivity contribution >= 4 is 21.7 Å². The molecule has 2 rings (SSSR count). The number of ether oxygens (including phenoxy) is 1. The van der Waals surface area contributed by atoms with Crippen LogP contribution in [0.2, 0.25) is 0 Å². The minimum atomic E-state index is 0.646. The molecule has 0 amide bonds. The third kappa shape index (κ3) is 2.10. The Labute approximate surface area is 115 Å². The second kappa shape index (κ2) is 5.02. The molecular weight excluding hydrogens is 294 g/mol. The van der Waals surface area contributed by atoms with Gasteiger partial charge in [0.1, 0.15) is 11.6 Å². The standard InChI is InChI=1S/C13H16BrN3O/c1-4-9-11(14)5-8(6-12(9)18-3)10-7-16-17(2)13(10)15/h5-7H,4,15H2,1-3H3. The first-order valence-electron chi connectivity index (χ1n) is 5.72. The topological polar surface area (TPSA) is 53.1 Å². The van der Waals surface area contributed by atoms with Crippen LogP contribution in [-0.2, 0) is 13.5 Å². The third-order valence-electron chi connectivity index (χ3n) is 3.02. The van der Waals surface area contributed by atoms with Crippen molar-refractivity contribution in [1.29, 1.82) is 0 Å². The molecule has 0 aliphatic rings. The molecule has 0 spiro atoms. The van der Waals surface area contributed by atoms with Gasteiger partial charge >= 0.3 is 0 Å². The molecule has 1 heterocycles. The molecule has 0 aliphatic carbocycles. The molecule has 0 aliphatic heterocycles. The van der Waals surface area contributed by atoms with Gasteiger partial charge in [0.15, 0.2) is 0 Å². The van der Waals surface area contributed by atoms with E-state index in [2.05, 4.69) is 34.0 Å². The molecule has 0 saturated carbocycles. The molecule has 2 aromatic rings. The van der Waals surface area contributed by atoms with E-state index < -0.39 is 0 Å². The van der Waals surface area contributed by atoms with Crippen LogP contribution >= 0.6 is 15.9 Å². The van der Waals surface area contributed by atoms with E-state index in [-0.39, 0.29) is 0 Å². The van der Waals surface area contributed by atoms with E-state index in [1.165, 1.54) is 0 Å². The Morgan fingerprint density at radius 3 is 2.67 bits per heavy atom. The summed E-state index contributed by atoms with van der Waals surface area (Å²) in [6, 6.07) is 4.05. The van der Waals surface area contributed by atoms with Crippen LogP contribution in [0, 0.1) is 0 Å². The van der Waals surface area contributed by atoms with Gasteiger partial charge in [0.25, 0.3) is 0 Å². The number of halogens is 1. The molecule has 5 heteroatoms. The first-order chi connectivity index (χ1) is 8.58. The third-order valence-corrected chi connectivity index (χ3v) is 3.73. The molecule has 18 heavy (non-hydrogen) atoms. The van der Waals surface area contributed by atoms with Crippen LogP contribution < -0.4 is 10.5 Å². The zero-order valence-corrected chi connectivity index (χ0v) is 12.3. The van der Waals surface area contributed by atoms with E-state index in [0.717, 1.165) is 33.3 Å². The lowest BCUT2D eigenvalue weighted by molar-refractivity contribution is 0.410. The Morgan fingerprint density at radius 1 is 1.44 bits per heavy atom. The summed E-state index contributed by atoms with van der Waals surface area (Å²) in [7, 11) is 3.50. The fourth-order valence-electron chi connectivity index (χ4n) is 1.96. The number of aryl methyl sites for hydroxylation is 1. The second-order valence-electron chi connectivity index (χ2n) is 4.06. The van der Waals surface area contributed by atoms with Crippen LogP contribution in [0.15, 0.2) is 22.8 Å². The maximum atomic E-state index is 5.99.